The Kier molecular flexibility index (Phi) is 7.02. The predicted octanol–water partition coefficient (Wildman–Crippen LogP) is -0.152. The largest absolute Gasteiger partial charge is 0.378 e. The van der Waals surface area contributed by atoms with Crippen molar-refractivity contribution in [3.05, 3.63) is 29.6 Å². The first-order valence-corrected chi connectivity index (χ1v) is 6.29. The molecule has 0 aromatic carbocycles. The highest BCUT2D eigenvalue weighted by Crippen LogP contribution is 1.98. The zero-order valence-corrected chi connectivity index (χ0v) is 11.6. The van der Waals surface area contributed by atoms with Crippen LogP contribution in [0.1, 0.15) is 16.1 Å². The van der Waals surface area contributed by atoms with Crippen LogP contribution in [0.3, 0.4) is 0 Å². The lowest BCUT2D eigenvalue weighted by atomic mass is 10.2. The first kappa shape index (κ1) is 15.6. The van der Waals surface area contributed by atoms with Crippen LogP contribution in [0.2, 0.25) is 0 Å². The highest BCUT2D eigenvalue weighted by molar-refractivity contribution is 5.92. The summed E-state index contributed by atoms with van der Waals surface area (Å²) in [6, 6.07) is 3.47. The minimum Gasteiger partial charge on any atom is -0.378 e. The summed E-state index contributed by atoms with van der Waals surface area (Å²) in [5.41, 5.74) is 6.76. The number of carbonyl (C=O) groups is 1. The molecule has 19 heavy (non-hydrogen) atoms. The van der Waals surface area contributed by atoms with Crippen LogP contribution in [0.5, 0.6) is 0 Å². The summed E-state index contributed by atoms with van der Waals surface area (Å²) >= 11 is 0. The van der Waals surface area contributed by atoms with Crippen molar-refractivity contribution < 1.29 is 9.53 Å². The van der Waals surface area contributed by atoms with Crippen molar-refractivity contribution in [2.24, 2.45) is 5.73 Å². The van der Waals surface area contributed by atoms with Crippen molar-refractivity contribution in [2.45, 2.75) is 6.54 Å². The second-order valence-electron chi connectivity index (χ2n) is 4.43. The van der Waals surface area contributed by atoms with Crippen LogP contribution in [0, 0.1) is 0 Å². The smallest absolute Gasteiger partial charge is 0.269 e. The molecule has 1 rings (SSSR count). The third-order valence-electron chi connectivity index (χ3n) is 2.51. The van der Waals surface area contributed by atoms with E-state index in [-0.39, 0.29) is 5.91 Å². The van der Waals surface area contributed by atoms with Crippen LogP contribution in [-0.4, -0.2) is 56.2 Å². The lowest BCUT2D eigenvalue weighted by molar-refractivity contribution is 0.0896. The highest BCUT2D eigenvalue weighted by atomic mass is 16.5. The van der Waals surface area contributed by atoms with Crippen molar-refractivity contribution in [2.75, 3.05) is 40.4 Å². The SMILES string of the molecule is CN(C)CCOCCNC(=O)c1ccc(CN)cn1. The second kappa shape index (κ2) is 8.58. The van der Waals surface area contributed by atoms with Crippen LogP contribution in [-0.2, 0) is 11.3 Å². The Morgan fingerprint density at radius 3 is 2.79 bits per heavy atom. The number of nitrogens with one attached hydrogen (secondary N) is 1. The zero-order valence-electron chi connectivity index (χ0n) is 11.6. The summed E-state index contributed by atoms with van der Waals surface area (Å²) < 4.78 is 5.37. The molecule has 1 aromatic heterocycles. The molecule has 0 radical (unpaired) electrons. The van der Waals surface area contributed by atoms with Gasteiger partial charge in [0.1, 0.15) is 5.69 Å². The molecule has 1 amide bonds. The number of hydrogen-bond donors (Lipinski definition) is 2. The molecular weight excluding hydrogens is 244 g/mol. The number of likely N-dealkylation sites (N-methyl/N-ethyl adjacent to an activating group) is 1. The lowest BCUT2D eigenvalue weighted by Gasteiger charge is -2.10. The Morgan fingerprint density at radius 1 is 1.42 bits per heavy atom. The van der Waals surface area contributed by atoms with Gasteiger partial charge in [-0.15, -0.1) is 0 Å². The van der Waals surface area contributed by atoms with Gasteiger partial charge in [-0.05, 0) is 25.7 Å². The first-order valence-electron chi connectivity index (χ1n) is 6.29. The van der Waals surface area contributed by atoms with E-state index in [4.69, 9.17) is 10.5 Å². The first-order chi connectivity index (χ1) is 9.13. The van der Waals surface area contributed by atoms with Gasteiger partial charge >= 0.3 is 0 Å². The number of nitrogens with two attached hydrogens (primary N) is 1. The third-order valence-corrected chi connectivity index (χ3v) is 2.51. The Morgan fingerprint density at radius 2 is 2.21 bits per heavy atom. The van der Waals surface area contributed by atoms with Crippen molar-refractivity contribution in [1.29, 1.82) is 0 Å². The number of carbonyl (C=O) groups excluding carboxylic acids is 1. The summed E-state index contributed by atoms with van der Waals surface area (Å²) in [6.45, 7) is 2.93. The maximum Gasteiger partial charge on any atom is 0.269 e. The molecule has 6 heteroatoms. The maximum absolute atomic E-state index is 11.7. The van der Waals surface area contributed by atoms with Gasteiger partial charge in [0.25, 0.3) is 5.91 Å². The van der Waals surface area contributed by atoms with E-state index in [0.717, 1.165) is 12.1 Å². The molecule has 1 aromatic rings. The highest BCUT2D eigenvalue weighted by Gasteiger charge is 2.05. The van der Waals surface area contributed by atoms with E-state index < -0.39 is 0 Å². The third kappa shape index (κ3) is 6.28. The molecule has 0 aliphatic rings. The Hall–Kier alpha value is -1.50. The molecule has 0 aliphatic heterocycles. The standard InChI is InChI=1S/C13H22N4O2/c1-17(2)6-8-19-7-5-15-13(18)12-4-3-11(9-14)10-16-12/h3-4,10H,5-9,14H2,1-2H3,(H,15,18). The molecule has 106 valence electrons. The van der Waals surface area contributed by atoms with E-state index in [1.807, 2.05) is 19.0 Å². The van der Waals surface area contributed by atoms with Crippen LogP contribution in [0.25, 0.3) is 0 Å². The molecule has 1 heterocycles. The number of amides is 1. The average molecular weight is 266 g/mol. The number of ether oxygens (including phenoxy) is 1. The van der Waals surface area contributed by atoms with E-state index in [0.29, 0.717) is 32.0 Å². The van der Waals surface area contributed by atoms with Gasteiger partial charge in [0.2, 0.25) is 0 Å². The fourth-order valence-electron chi connectivity index (χ4n) is 1.36. The minimum absolute atomic E-state index is 0.195. The molecule has 3 N–H and O–H groups in total. The Balaban J connectivity index is 2.20. The van der Waals surface area contributed by atoms with Gasteiger partial charge in [0.15, 0.2) is 0 Å². The van der Waals surface area contributed by atoms with E-state index in [2.05, 4.69) is 10.3 Å². The molecule has 6 nitrogen and oxygen atoms in total. The second-order valence-corrected chi connectivity index (χ2v) is 4.43. The van der Waals surface area contributed by atoms with Crippen molar-refractivity contribution in [3.63, 3.8) is 0 Å². The monoisotopic (exact) mass is 266 g/mol. The lowest BCUT2D eigenvalue weighted by Crippen LogP contribution is -2.29. The fourth-order valence-corrected chi connectivity index (χ4v) is 1.36. The Bertz CT molecular complexity index is 379. The van der Waals surface area contributed by atoms with Crippen LogP contribution in [0.15, 0.2) is 18.3 Å². The van der Waals surface area contributed by atoms with Gasteiger partial charge < -0.3 is 20.7 Å². The van der Waals surface area contributed by atoms with Gasteiger partial charge in [-0.2, -0.15) is 0 Å². The van der Waals surface area contributed by atoms with E-state index in [9.17, 15) is 4.79 Å². The molecule has 0 bridgehead atoms. The zero-order chi connectivity index (χ0) is 14.1. The average Bonchev–Trinajstić information content (AvgIpc) is 2.42. The van der Waals surface area contributed by atoms with Gasteiger partial charge in [0, 0.05) is 25.8 Å². The van der Waals surface area contributed by atoms with E-state index in [1.54, 1.807) is 18.3 Å². The topological polar surface area (TPSA) is 80.5 Å². The maximum atomic E-state index is 11.7. The normalized spacial score (nSPS) is 10.7. The minimum atomic E-state index is -0.195. The van der Waals surface area contributed by atoms with Gasteiger partial charge in [-0.25, -0.2) is 0 Å². The molecule has 0 unspecified atom stereocenters. The van der Waals surface area contributed by atoms with Gasteiger partial charge in [0.05, 0.1) is 13.2 Å². The summed E-state index contributed by atoms with van der Waals surface area (Å²) in [7, 11) is 3.98. The molecule has 0 atom stereocenters. The van der Waals surface area contributed by atoms with Crippen molar-refractivity contribution >= 4 is 5.91 Å². The molecule has 0 saturated carbocycles. The summed E-state index contributed by atoms with van der Waals surface area (Å²) in [6.07, 6.45) is 1.61. The molecule has 0 aliphatic carbocycles. The summed E-state index contributed by atoms with van der Waals surface area (Å²) in [5.74, 6) is -0.195. The van der Waals surface area contributed by atoms with E-state index in [1.165, 1.54) is 0 Å². The van der Waals surface area contributed by atoms with Crippen molar-refractivity contribution in [1.82, 2.24) is 15.2 Å². The predicted molar refractivity (Wildman–Crippen MR) is 73.8 cm³/mol. The number of nitrogens with zero attached hydrogens (tertiary/aromatic N) is 2. The Labute approximate surface area is 113 Å². The summed E-state index contributed by atoms with van der Waals surface area (Å²) in [4.78, 5) is 17.8. The van der Waals surface area contributed by atoms with E-state index >= 15 is 0 Å². The fraction of sp³-hybridized carbons (Fsp3) is 0.538. The number of aromatic nitrogens is 1. The number of pyridine rings is 1. The van der Waals surface area contributed by atoms with Gasteiger partial charge in [-0.3, -0.25) is 9.78 Å². The quantitative estimate of drug-likeness (QED) is 0.640. The van der Waals surface area contributed by atoms with Crippen LogP contribution < -0.4 is 11.1 Å². The summed E-state index contributed by atoms with van der Waals surface area (Å²) in [5, 5.41) is 2.75. The van der Waals surface area contributed by atoms with Crippen molar-refractivity contribution in [3.8, 4) is 0 Å². The number of hydrogen-bond acceptors (Lipinski definition) is 5. The molecular formula is C13H22N4O2. The molecule has 0 saturated heterocycles. The van der Waals surface area contributed by atoms with Crippen LogP contribution >= 0.6 is 0 Å². The van der Waals surface area contributed by atoms with Gasteiger partial charge in [-0.1, -0.05) is 6.07 Å². The molecule has 0 spiro atoms. The molecule has 0 fully saturated rings. The number of rotatable bonds is 8. The van der Waals surface area contributed by atoms with Crippen LogP contribution in [0.4, 0.5) is 0 Å².